The summed E-state index contributed by atoms with van der Waals surface area (Å²) in [6.45, 7) is 4.58. The van der Waals surface area contributed by atoms with Gasteiger partial charge in [0.1, 0.15) is 5.75 Å². The fraction of sp³-hybridized carbons (Fsp3) is 0.619. The van der Waals surface area contributed by atoms with Crippen LogP contribution in [0.25, 0.3) is 0 Å². The minimum absolute atomic E-state index is 0.0463. The second-order valence-corrected chi connectivity index (χ2v) is 7.91. The van der Waals surface area contributed by atoms with Crippen LogP contribution in [0.4, 0.5) is 0 Å². The van der Waals surface area contributed by atoms with Gasteiger partial charge in [0.05, 0.1) is 24.5 Å². The lowest BCUT2D eigenvalue weighted by molar-refractivity contribution is -0.143. The fourth-order valence-corrected chi connectivity index (χ4v) is 3.80. The van der Waals surface area contributed by atoms with E-state index in [2.05, 4.69) is 0 Å². The monoisotopic (exact) mass is 374 g/mol. The van der Waals surface area contributed by atoms with E-state index in [1.54, 1.807) is 4.90 Å². The van der Waals surface area contributed by atoms with E-state index in [0.29, 0.717) is 52.0 Å². The van der Waals surface area contributed by atoms with Gasteiger partial charge in [-0.3, -0.25) is 9.59 Å². The van der Waals surface area contributed by atoms with E-state index in [-0.39, 0.29) is 17.7 Å². The van der Waals surface area contributed by atoms with Gasteiger partial charge >= 0.3 is 0 Å². The van der Waals surface area contributed by atoms with Gasteiger partial charge in [0, 0.05) is 26.2 Å². The molecule has 1 unspecified atom stereocenters. The molecule has 0 aromatic heterocycles. The molecular weight excluding hydrogens is 344 g/mol. The minimum Gasteiger partial charge on any atom is -0.493 e. The highest BCUT2D eigenvalue weighted by Crippen LogP contribution is 2.25. The maximum atomic E-state index is 12.8. The van der Waals surface area contributed by atoms with Crippen molar-refractivity contribution < 1.29 is 19.4 Å². The lowest BCUT2D eigenvalue weighted by atomic mass is 9.91. The molecular formula is C21H30N2O4. The van der Waals surface area contributed by atoms with E-state index in [4.69, 9.17) is 4.74 Å². The third-order valence-electron chi connectivity index (χ3n) is 5.60. The van der Waals surface area contributed by atoms with Crippen LogP contribution in [-0.2, 0) is 9.59 Å². The summed E-state index contributed by atoms with van der Waals surface area (Å²) in [7, 11) is 0. The molecule has 1 atom stereocenters. The quantitative estimate of drug-likeness (QED) is 0.857. The fourth-order valence-electron chi connectivity index (χ4n) is 3.80. The summed E-state index contributed by atoms with van der Waals surface area (Å²) in [5, 5.41) is 10.1. The Hall–Kier alpha value is -2.08. The molecule has 0 aliphatic carbocycles. The first-order valence-corrected chi connectivity index (χ1v) is 9.91. The number of likely N-dealkylation sites (tertiary alicyclic amines) is 2. The lowest BCUT2D eigenvalue weighted by Crippen LogP contribution is -2.51. The van der Waals surface area contributed by atoms with Crippen LogP contribution in [-0.4, -0.2) is 65.1 Å². The van der Waals surface area contributed by atoms with Gasteiger partial charge in [0.2, 0.25) is 11.8 Å². The first-order chi connectivity index (χ1) is 12.9. The summed E-state index contributed by atoms with van der Waals surface area (Å²) in [5.41, 5.74) is -0.663. The zero-order chi connectivity index (χ0) is 19.3. The van der Waals surface area contributed by atoms with Crippen molar-refractivity contribution in [3.05, 3.63) is 30.3 Å². The maximum Gasteiger partial charge on any atom is 0.227 e. The Labute approximate surface area is 161 Å². The summed E-state index contributed by atoms with van der Waals surface area (Å²) in [4.78, 5) is 29.0. The van der Waals surface area contributed by atoms with Crippen molar-refractivity contribution >= 4 is 11.8 Å². The zero-order valence-electron chi connectivity index (χ0n) is 16.1. The highest BCUT2D eigenvalue weighted by atomic mass is 16.5. The molecule has 6 nitrogen and oxygen atoms in total. The number of carbonyl (C=O) groups is 2. The van der Waals surface area contributed by atoms with Gasteiger partial charge in [-0.05, 0) is 44.7 Å². The van der Waals surface area contributed by atoms with E-state index in [1.807, 2.05) is 42.2 Å². The summed E-state index contributed by atoms with van der Waals surface area (Å²) in [6.07, 6.45) is 3.24. The van der Waals surface area contributed by atoms with E-state index >= 15 is 0 Å². The Morgan fingerprint density at radius 2 is 1.85 bits per heavy atom. The smallest absolute Gasteiger partial charge is 0.227 e. The summed E-state index contributed by atoms with van der Waals surface area (Å²) in [6, 6.07) is 9.47. The van der Waals surface area contributed by atoms with Gasteiger partial charge in [-0.25, -0.2) is 0 Å². The average molecular weight is 374 g/mol. The number of ether oxygens (including phenoxy) is 1. The number of carbonyl (C=O) groups excluding carboxylic acids is 2. The number of hydrogen-bond acceptors (Lipinski definition) is 4. The first-order valence-electron chi connectivity index (χ1n) is 9.91. The summed E-state index contributed by atoms with van der Waals surface area (Å²) >= 11 is 0. The molecule has 1 aromatic carbocycles. The molecule has 2 fully saturated rings. The highest BCUT2D eigenvalue weighted by Gasteiger charge is 2.35. The van der Waals surface area contributed by atoms with E-state index in [0.717, 1.165) is 18.6 Å². The second kappa shape index (κ2) is 8.74. The Morgan fingerprint density at radius 1 is 1.15 bits per heavy atom. The van der Waals surface area contributed by atoms with Gasteiger partial charge in [0.25, 0.3) is 0 Å². The first kappa shape index (κ1) is 19.7. The Kier molecular flexibility index (Phi) is 6.37. The van der Waals surface area contributed by atoms with Crippen LogP contribution in [0, 0.1) is 5.92 Å². The molecule has 0 saturated carbocycles. The van der Waals surface area contributed by atoms with Gasteiger partial charge in [-0.15, -0.1) is 0 Å². The Bertz CT molecular complexity index is 637. The number of piperidine rings is 2. The number of aliphatic hydroxyl groups is 1. The molecule has 1 aromatic rings. The second-order valence-electron chi connectivity index (χ2n) is 7.91. The molecule has 0 radical (unpaired) electrons. The molecule has 0 bridgehead atoms. The van der Waals surface area contributed by atoms with Gasteiger partial charge in [-0.2, -0.15) is 0 Å². The SMILES string of the molecule is CC1(O)CCN(C(=O)C2CCCN(C(=O)CCOc3ccccc3)C2)CC1. The average Bonchev–Trinajstić information content (AvgIpc) is 2.68. The molecule has 0 spiro atoms. The lowest BCUT2D eigenvalue weighted by Gasteiger charge is -2.39. The number of hydrogen-bond donors (Lipinski definition) is 1. The molecule has 148 valence electrons. The molecule has 3 rings (SSSR count). The molecule has 2 heterocycles. The normalized spacial score (nSPS) is 22.4. The Morgan fingerprint density at radius 3 is 2.56 bits per heavy atom. The van der Waals surface area contributed by atoms with Crippen LogP contribution < -0.4 is 4.74 Å². The van der Waals surface area contributed by atoms with Gasteiger partial charge in [-0.1, -0.05) is 18.2 Å². The third-order valence-corrected chi connectivity index (χ3v) is 5.60. The van der Waals surface area contributed by atoms with Crippen molar-refractivity contribution in [2.75, 3.05) is 32.8 Å². The van der Waals surface area contributed by atoms with Crippen molar-refractivity contribution in [1.82, 2.24) is 9.80 Å². The maximum absolute atomic E-state index is 12.8. The number of para-hydroxylation sites is 1. The van der Waals surface area contributed by atoms with E-state index < -0.39 is 5.60 Å². The topological polar surface area (TPSA) is 70.1 Å². The largest absolute Gasteiger partial charge is 0.493 e. The van der Waals surface area contributed by atoms with Crippen LogP contribution in [0.3, 0.4) is 0 Å². The predicted molar refractivity (Wildman–Crippen MR) is 102 cm³/mol. The number of nitrogens with zero attached hydrogens (tertiary/aromatic N) is 2. The molecule has 2 aliphatic heterocycles. The molecule has 1 N–H and O–H groups in total. The zero-order valence-corrected chi connectivity index (χ0v) is 16.1. The number of rotatable bonds is 5. The van der Waals surface area contributed by atoms with Crippen molar-refractivity contribution in [3.63, 3.8) is 0 Å². The van der Waals surface area contributed by atoms with Crippen molar-refractivity contribution in [1.29, 1.82) is 0 Å². The standard InChI is InChI=1S/C21H30N2O4/c1-21(26)10-13-22(14-11-21)20(25)17-6-5-12-23(16-17)19(24)9-15-27-18-7-3-2-4-8-18/h2-4,7-8,17,26H,5-6,9-16H2,1H3. The minimum atomic E-state index is -0.663. The van der Waals surface area contributed by atoms with E-state index in [1.165, 1.54) is 0 Å². The summed E-state index contributed by atoms with van der Waals surface area (Å²) < 4.78 is 5.61. The van der Waals surface area contributed by atoms with Crippen LogP contribution in [0.15, 0.2) is 30.3 Å². The van der Waals surface area contributed by atoms with Crippen molar-refractivity contribution in [2.24, 2.45) is 5.92 Å². The molecule has 2 saturated heterocycles. The molecule has 6 heteroatoms. The molecule has 27 heavy (non-hydrogen) atoms. The summed E-state index contributed by atoms with van der Waals surface area (Å²) in [5.74, 6) is 0.812. The highest BCUT2D eigenvalue weighted by molar-refractivity contribution is 5.81. The predicted octanol–water partition coefficient (Wildman–Crippen LogP) is 2.07. The van der Waals surface area contributed by atoms with E-state index in [9.17, 15) is 14.7 Å². The third kappa shape index (κ3) is 5.45. The van der Waals surface area contributed by atoms with Crippen molar-refractivity contribution in [2.45, 2.75) is 44.6 Å². The van der Waals surface area contributed by atoms with Crippen LogP contribution >= 0.6 is 0 Å². The van der Waals surface area contributed by atoms with Crippen LogP contribution in [0.1, 0.15) is 39.0 Å². The number of amides is 2. The van der Waals surface area contributed by atoms with Gasteiger partial charge < -0.3 is 19.6 Å². The number of benzene rings is 1. The molecule has 2 amide bonds. The van der Waals surface area contributed by atoms with Crippen LogP contribution in [0.5, 0.6) is 5.75 Å². The Balaban J connectivity index is 1.45. The molecule has 2 aliphatic rings. The van der Waals surface area contributed by atoms with Crippen LogP contribution in [0.2, 0.25) is 0 Å². The van der Waals surface area contributed by atoms with Crippen molar-refractivity contribution in [3.8, 4) is 5.75 Å². The van der Waals surface area contributed by atoms with Gasteiger partial charge in [0.15, 0.2) is 0 Å².